The molecule has 1 aliphatic rings. The lowest BCUT2D eigenvalue weighted by Gasteiger charge is -2.25. The molecule has 6 heteroatoms. The van der Waals surface area contributed by atoms with E-state index < -0.39 is 11.5 Å². The number of halogens is 1. The maximum atomic E-state index is 12.2. The summed E-state index contributed by atoms with van der Waals surface area (Å²) in [5.74, 6) is 0.140. The van der Waals surface area contributed by atoms with Gasteiger partial charge in [0, 0.05) is 16.6 Å². The average Bonchev–Trinajstić information content (AvgIpc) is 2.89. The number of aliphatic carboxylic acids is 1. The first kappa shape index (κ1) is 16.4. The van der Waals surface area contributed by atoms with E-state index in [2.05, 4.69) is 21.2 Å². The average molecular weight is 372 g/mol. The molecule has 21 heavy (non-hydrogen) atoms. The fraction of sp³-hybridized carbons (Fsp3) is 0.467. The molecule has 0 radical (unpaired) electrons. The Morgan fingerprint density at radius 3 is 2.62 bits per heavy atom. The molecule has 1 aromatic rings. The Hall–Kier alpha value is -1.01. The first-order valence-corrected chi connectivity index (χ1v) is 8.75. The minimum atomic E-state index is -1.08. The Kier molecular flexibility index (Phi) is 5.32. The minimum Gasteiger partial charge on any atom is -0.479 e. The molecule has 0 bridgehead atoms. The highest BCUT2D eigenvalue weighted by Crippen LogP contribution is 2.29. The van der Waals surface area contributed by atoms with Crippen LogP contribution in [-0.2, 0) is 9.59 Å². The van der Waals surface area contributed by atoms with Crippen molar-refractivity contribution in [1.29, 1.82) is 0 Å². The van der Waals surface area contributed by atoms with Crippen molar-refractivity contribution < 1.29 is 14.7 Å². The number of carboxylic acids is 1. The molecule has 1 amide bonds. The predicted octanol–water partition coefficient (Wildman–Crippen LogP) is 3.02. The molecular formula is C15H18BrNO3S. The first-order valence-electron chi connectivity index (χ1n) is 6.80. The molecule has 0 spiro atoms. The van der Waals surface area contributed by atoms with Crippen molar-refractivity contribution in [2.45, 2.75) is 31.2 Å². The van der Waals surface area contributed by atoms with E-state index in [0.29, 0.717) is 18.6 Å². The zero-order valence-electron chi connectivity index (χ0n) is 11.8. The number of nitrogens with one attached hydrogen (secondary N) is 1. The summed E-state index contributed by atoms with van der Waals surface area (Å²) in [4.78, 5) is 23.6. The van der Waals surface area contributed by atoms with Crippen molar-refractivity contribution in [2.24, 2.45) is 0 Å². The second kappa shape index (κ2) is 6.83. The molecule has 114 valence electrons. The molecule has 1 fully saturated rings. The zero-order valence-corrected chi connectivity index (χ0v) is 14.2. The van der Waals surface area contributed by atoms with Crippen LogP contribution in [0.5, 0.6) is 0 Å². The second-order valence-corrected chi connectivity index (χ2v) is 7.42. The number of hydrogen-bond donors (Lipinski definition) is 2. The van der Waals surface area contributed by atoms with E-state index in [4.69, 9.17) is 0 Å². The van der Waals surface area contributed by atoms with Crippen molar-refractivity contribution in [1.82, 2.24) is 5.32 Å². The van der Waals surface area contributed by atoms with Crippen molar-refractivity contribution in [3.63, 3.8) is 0 Å². The van der Waals surface area contributed by atoms with Gasteiger partial charge in [-0.05, 0) is 35.8 Å². The Bertz CT molecular complexity index is 526. The molecule has 1 heterocycles. The number of carbonyl (C=O) groups is 2. The molecule has 1 aliphatic heterocycles. The number of benzene rings is 1. The fourth-order valence-corrected chi connectivity index (χ4v) is 3.98. The third-order valence-electron chi connectivity index (χ3n) is 3.74. The van der Waals surface area contributed by atoms with Crippen LogP contribution in [-0.4, -0.2) is 34.0 Å². The van der Waals surface area contributed by atoms with Gasteiger partial charge in [-0.15, -0.1) is 0 Å². The van der Waals surface area contributed by atoms with E-state index in [-0.39, 0.29) is 11.8 Å². The third-order valence-corrected chi connectivity index (χ3v) is 5.46. The van der Waals surface area contributed by atoms with Crippen molar-refractivity contribution in [2.75, 3.05) is 11.5 Å². The van der Waals surface area contributed by atoms with Gasteiger partial charge in [0.05, 0.1) is 0 Å². The SMILES string of the molecule is CC(CC(=O)NC1(C(=O)O)CCSC1)c1ccc(Br)cc1. The van der Waals surface area contributed by atoms with Gasteiger partial charge in [0.2, 0.25) is 5.91 Å². The van der Waals surface area contributed by atoms with Gasteiger partial charge in [-0.1, -0.05) is 35.0 Å². The lowest BCUT2D eigenvalue weighted by Crippen LogP contribution is -2.54. The number of hydrogen-bond acceptors (Lipinski definition) is 3. The molecule has 0 saturated carbocycles. The number of amides is 1. The fourth-order valence-electron chi connectivity index (χ4n) is 2.39. The molecule has 2 unspecified atom stereocenters. The van der Waals surface area contributed by atoms with Crippen LogP contribution in [0.1, 0.15) is 31.2 Å². The summed E-state index contributed by atoms with van der Waals surface area (Å²) >= 11 is 4.95. The van der Waals surface area contributed by atoms with Crippen LogP contribution in [0.3, 0.4) is 0 Å². The quantitative estimate of drug-likeness (QED) is 0.834. The maximum Gasteiger partial charge on any atom is 0.330 e. The van der Waals surface area contributed by atoms with Gasteiger partial charge in [0.15, 0.2) is 0 Å². The lowest BCUT2D eigenvalue weighted by atomic mass is 9.95. The molecule has 0 aromatic heterocycles. The standard InChI is InChI=1S/C15H18BrNO3S/c1-10(11-2-4-12(16)5-3-11)8-13(18)17-15(14(19)20)6-7-21-9-15/h2-5,10H,6-9H2,1H3,(H,17,18)(H,19,20). The third kappa shape index (κ3) is 4.01. The highest BCUT2D eigenvalue weighted by Gasteiger charge is 2.43. The summed E-state index contributed by atoms with van der Waals surface area (Å²) < 4.78 is 0.996. The molecular weight excluding hydrogens is 354 g/mol. The Labute approximate surface area is 136 Å². The van der Waals surface area contributed by atoms with E-state index in [1.54, 1.807) is 11.8 Å². The zero-order chi connectivity index (χ0) is 15.5. The molecule has 1 aromatic carbocycles. The van der Waals surface area contributed by atoms with Gasteiger partial charge in [-0.3, -0.25) is 4.79 Å². The number of carboxylic acid groups (broad SMARTS) is 1. The van der Waals surface area contributed by atoms with E-state index in [1.807, 2.05) is 31.2 Å². The largest absolute Gasteiger partial charge is 0.479 e. The predicted molar refractivity (Wildman–Crippen MR) is 87.6 cm³/mol. The summed E-state index contributed by atoms with van der Waals surface area (Å²) in [5, 5.41) is 12.1. The van der Waals surface area contributed by atoms with Gasteiger partial charge in [-0.25, -0.2) is 4.79 Å². The molecule has 1 saturated heterocycles. The van der Waals surface area contributed by atoms with E-state index in [1.165, 1.54) is 0 Å². The second-order valence-electron chi connectivity index (χ2n) is 5.39. The van der Waals surface area contributed by atoms with Crippen molar-refractivity contribution >= 4 is 39.6 Å². The Morgan fingerprint density at radius 1 is 1.43 bits per heavy atom. The number of rotatable bonds is 5. The van der Waals surface area contributed by atoms with Crippen LogP contribution < -0.4 is 5.32 Å². The Morgan fingerprint density at radius 2 is 2.10 bits per heavy atom. The monoisotopic (exact) mass is 371 g/mol. The maximum absolute atomic E-state index is 12.2. The summed E-state index contributed by atoms with van der Waals surface area (Å²) in [6, 6.07) is 7.83. The molecule has 4 nitrogen and oxygen atoms in total. The summed E-state index contributed by atoms with van der Waals surface area (Å²) in [7, 11) is 0. The van der Waals surface area contributed by atoms with Gasteiger partial charge >= 0.3 is 5.97 Å². The summed E-state index contributed by atoms with van der Waals surface area (Å²) in [6.07, 6.45) is 0.784. The van der Waals surface area contributed by atoms with Crippen LogP contribution >= 0.6 is 27.7 Å². The van der Waals surface area contributed by atoms with Crippen LogP contribution in [0.15, 0.2) is 28.7 Å². The van der Waals surface area contributed by atoms with Gasteiger partial charge in [0.25, 0.3) is 0 Å². The number of carbonyl (C=O) groups excluding carboxylic acids is 1. The molecule has 2 rings (SSSR count). The smallest absolute Gasteiger partial charge is 0.330 e. The minimum absolute atomic E-state index is 0.0537. The van der Waals surface area contributed by atoms with Crippen LogP contribution in [0, 0.1) is 0 Å². The summed E-state index contributed by atoms with van der Waals surface area (Å²) in [5.41, 5.74) is -0.0141. The van der Waals surface area contributed by atoms with E-state index >= 15 is 0 Å². The van der Waals surface area contributed by atoms with Gasteiger partial charge in [-0.2, -0.15) is 11.8 Å². The first-order chi connectivity index (χ1) is 9.93. The summed E-state index contributed by atoms with van der Waals surface area (Å²) in [6.45, 7) is 1.97. The number of thioether (sulfide) groups is 1. The van der Waals surface area contributed by atoms with Gasteiger partial charge in [0.1, 0.15) is 5.54 Å². The molecule has 2 N–H and O–H groups in total. The lowest BCUT2D eigenvalue weighted by molar-refractivity contribution is -0.146. The van der Waals surface area contributed by atoms with Crippen LogP contribution in [0.4, 0.5) is 0 Å². The van der Waals surface area contributed by atoms with Crippen LogP contribution in [0.25, 0.3) is 0 Å². The van der Waals surface area contributed by atoms with Crippen molar-refractivity contribution in [3.05, 3.63) is 34.3 Å². The van der Waals surface area contributed by atoms with Crippen LogP contribution in [0.2, 0.25) is 0 Å². The topological polar surface area (TPSA) is 66.4 Å². The van der Waals surface area contributed by atoms with E-state index in [9.17, 15) is 14.7 Å². The molecule has 2 atom stereocenters. The van der Waals surface area contributed by atoms with Gasteiger partial charge < -0.3 is 10.4 Å². The highest BCUT2D eigenvalue weighted by atomic mass is 79.9. The Balaban J connectivity index is 1.97. The molecule has 0 aliphatic carbocycles. The van der Waals surface area contributed by atoms with Crippen molar-refractivity contribution in [3.8, 4) is 0 Å². The van der Waals surface area contributed by atoms with E-state index in [0.717, 1.165) is 15.8 Å². The normalized spacial score (nSPS) is 22.8. The highest BCUT2D eigenvalue weighted by molar-refractivity contribution is 9.10.